The number of carboxylic acid groups (broad SMARTS) is 1. The smallest absolute Gasteiger partial charge is 0.335 e. The van der Waals surface area contributed by atoms with Crippen LogP contribution in [-0.4, -0.2) is 31.4 Å². The molecule has 0 heterocycles. The van der Waals surface area contributed by atoms with Gasteiger partial charge in [0.15, 0.2) is 0 Å². The average Bonchev–Trinajstić information content (AvgIpc) is 2.61. The SMILES string of the molecule is CCC(C)NS(=O)(=O)c1ccc(C(=O)Nc2ccc(C(=O)O)c(C)c2)cc1. The highest BCUT2D eigenvalue weighted by atomic mass is 32.2. The summed E-state index contributed by atoms with van der Waals surface area (Å²) < 4.78 is 27.0. The fraction of sp³-hybridized carbons (Fsp3) is 0.263. The number of carbonyl (C=O) groups excluding carboxylic acids is 1. The third-order valence-corrected chi connectivity index (χ3v) is 5.72. The van der Waals surface area contributed by atoms with Gasteiger partial charge in [-0.3, -0.25) is 4.79 Å². The number of aromatic carboxylic acids is 1. The van der Waals surface area contributed by atoms with Crippen LogP contribution in [0, 0.1) is 6.92 Å². The summed E-state index contributed by atoms with van der Waals surface area (Å²) in [6.07, 6.45) is 0.666. The lowest BCUT2D eigenvalue weighted by Crippen LogP contribution is -2.32. The van der Waals surface area contributed by atoms with E-state index in [1.807, 2.05) is 6.92 Å². The van der Waals surface area contributed by atoms with Crippen molar-refractivity contribution in [2.45, 2.75) is 38.1 Å². The third-order valence-electron chi connectivity index (χ3n) is 4.11. The van der Waals surface area contributed by atoms with Crippen LogP contribution in [0.25, 0.3) is 0 Å². The maximum atomic E-state index is 12.3. The van der Waals surface area contributed by atoms with Crippen LogP contribution in [0.2, 0.25) is 0 Å². The molecule has 0 bridgehead atoms. The predicted octanol–water partition coefficient (Wildman–Crippen LogP) is 3.02. The van der Waals surface area contributed by atoms with E-state index in [-0.39, 0.29) is 22.1 Å². The number of aryl methyl sites for hydroxylation is 1. The number of nitrogens with one attached hydrogen (secondary N) is 2. The molecule has 0 saturated carbocycles. The van der Waals surface area contributed by atoms with E-state index < -0.39 is 21.9 Å². The van der Waals surface area contributed by atoms with Crippen LogP contribution < -0.4 is 10.0 Å². The Bertz CT molecular complexity index is 953. The molecule has 3 N–H and O–H groups in total. The number of hydrogen-bond acceptors (Lipinski definition) is 4. The fourth-order valence-electron chi connectivity index (χ4n) is 2.39. The lowest BCUT2D eigenvalue weighted by atomic mass is 10.1. The van der Waals surface area contributed by atoms with Crippen molar-refractivity contribution < 1.29 is 23.1 Å². The highest BCUT2D eigenvalue weighted by Crippen LogP contribution is 2.17. The molecule has 1 atom stereocenters. The Balaban J connectivity index is 2.14. The van der Waals surface area contributed by atoms with Crippen molar-refractivity contribution in [2.75, 3.05) is 5.32 Å². The van der Waals surface area contributed by atoms with Crippen molar-refractivity contribution in [3.8, 4) is 0 Å². The van der Waals surface area contributed by atoms with Crippen molar-refractivity contribution in [1.29, 1.82) is 0 Å². The van der Waals surface area contributed by atoms with Crippen molar-refractivity contribution in [1.82, 2.24) is 4.72 Å². The molecular formula is C19H22N2O5S. The van der Waals surface area contributed by atoms with Crippen LogP contribution in [0.4, 0.5) is 5.69 Å². The first-order chi connectivity index (χ1) is 12.6. The van der Waals surface area contributed by atoms with Gasteiger partial charge in [0.2, 0.25) is 10.0 Å². The molecule has 0 fully saturated rings. The van der Waals surface area contributed by atoms with E-state index in [9.17, 15) is 18.0 Å². The van der Waals surface area contributed by atoms with E-state index in [0.29, 0.717) is 17.7 Å². The third kappa shape index (κ3) is 5.15. The Labute approximate surface area is 158 Å². The van der Waals surface area contributed by atoms with Gasteiger partial charge in [-0.2, -0.15) is 0 Å². The first-order valence-corrected chi connectivity index (χ1v) is 9.90. The summed E-state index contributed by atoms with van der Waals surface area (Å²) in [7, 11) is -3.63. The maximum absolute atomic E-state index is 12.3. The molecule has 8 heteroatoms. The molecule has 0 aromatic heterocycles. The molecule has 27 heavy (non-hydrogen) atoms. The summed E-state index contributed by atoms with van der Waals surface area (Å²) in [6.45, 7) is 5.30. The second-order valence-corrected chi connectivity index (χ2v) is 7.96. The molecule has 2 aromatic carbocycles. The fourth-order valence-corrected chi connectivity index (χ4v) is 3.71. The van der Waals surface area contributed by atoms with Gasteiger partial charge in [-0.1, -0.05) is 6.92 Å². The van der Waals surface area contributed by atoms with Gasteiger partial charge in [0.05, 0.1) is 10.5 Å². The quantitative estimate of drug-likeness (QED) is 0.673. The van der Waals surface area contributed by atoms with E-state index in [2.05, 4.69) is 10.0 Å². The zero-order valence-corrected chi connectivity index (χ0v) is 16.1. The van der Waals surface area contributed by atoms with Gasteiger partial charge >= 0.3 is 5.97 Å². The molecule has 7 nitrogen and oxygen atoms in total. The molecule has 1 unspecified atom stereocenters. The van der Waals surface area contributed by atoms with Crippen molar-refractivity contribution in [3.05, 3.63) is 59.2 Å². The summed E-state index contributed by atoms with van der Waals surface area (Å²) >= 11 is 0. The lowest BCUT2D eigenvalue weighted by Gasteiger charge is -2.12. The molecule has 0 aliphatic heterocycles. The number of sulfonamides is 1. The highest BCUT2D eigenvalue weighted by Gasteiger charge is 2.17. The average molecular weight is 390 g/mol. The number of hydrogen-bond donors (Lipinski definition) is 3. The summed E-state index contributed by atoms with van der Waals surface area (Å²) in [5.74, 6) is -1.45. The number of amides is 1. The summed E-state index contributed by atoms with van der Waals surface area (Å²) in [4.78, 5) is 23.5. The number of anilines is 1. The molecule has 0 aliphatic carbocycles. The normalized spacial score (nSPS) is 12.4. The Hall–Kier alpha value is -2.71. The monoisotopic (exact) mass is 390 g/mol. The first-order valence-electron chi connectivity index (χ1n) is 8.41. The molecule has 1 amide bonds. The lowest BCUT2D eigenvalue weighted by molar-refractivity contribution is 0.0696. The van der Waals surface area contributed by atoms with Crippen LogP contribution in [0.15, 0.2) is 47.4 Å². The number of rotatable bonds is 7. The number of carboxylic acids is 1. The second kappa shape index (κ2) is 8.32. The first kappa shape index (κ1) is 20.6. The van der Waals surface area contributed by atoms with E-state index in [4.69, 9.17) is 5.11 Å². The topological polar surface area (TPSA) is 113 Å². The summed E-state index contributed by atoms with van der Waals surface area (Å²) in [6, 6.07) is 9.91. The summed E-state index contributed by atoms with van der Waals surface area (Å²) in [5, 5.41) is 11.7. The molecule has 0 aliphatic rings. The van der Waals surface area contributed by atoms with Crippen LogP contribution in [0.5, 0.6) is 0 Å². The second-order valence-electron chi connectivity index (χ2n) is 6.24. The van der Waals surface area contributed by atoms with Crippen LogP contribution in [0.1, 0.15) is 46.5 Å². The minimum Gasteiger partial charge on any atom is -0.478 e. The van der Waals surface area contributed by atoms with Gasteiger partial charge in [-0.25, -0.2) is 17.9 Å². The number of carbonyl (C=O) groups is 2. The minimum atomic E-state index is -3.63. The molecule has 0 spiro atoms. The molecule has 2 rings (SSSR count). The minimum absolute atomic E-state index is 0.0843. The van der Waals surface area contributed by atoms with Crippen molar-refractivity contribution >= 4 is 27.6 Å². The molecule has 2 aromatic rings. The largest absolute Gasteiger partial charge is 0.478 e. The van der Waals surface area contributed by atoms with Crippen molar-refractivity contribution in [3.63, 3.8) is 0 Å². The van der Waals surface area contributed by atoms with Gasteiger partial charge < -0.3 is 10.4 Å². The van der Waals surface area contributed by atoms with Crippen LogP contribution in [0.3, 0.4) is 0 Å². The van der Waals surface area contributed by atoms with E-state index in [1.54, 1.807) is 19.9 Å². The van der Waals surface area contributed by atoms with Gasteiger partial charge in [0.25, 0.3) is 5.91 Å². The molecule has 144 valence electrons. The van der Waals surface area contributed by atoms with Gasteiger partial charge in [0.1, 0.15) is 0 Å². The van der Waals surface area contributed by atoms with E-state index >= 15 is 0 Å². The maximum Gasteiger partial charge on any atom is 0.335 e. The van der Waals surface area contributed by atoms with E-state index in [1.165, 1.54) is 36.4 Å². The predicted molar refractivity (Wildman–Crippen MR) is 103 cm³/mol. The molecular weight excluding hydrogens is 368 g/mol. The van der Waals surface area contributed by atoms with Crippen LogP contribution >= 0.6 is 0 Å². The summed E-state index contributed by atoms with van der Waals surface area (Å²) in [5.41, 5.74) is 1.43. The van der Waals surface area contributed by atoms with E-state index in [0.717, 1.165) is 0 Å². The number of benzene rings is 2. The molecule has 0 saturated heterocycles. The Morgan fingerprint density at radius 2 is 1.74 bits per heavy atom. The zero-order chi connectivity index (χ0) is 20.2. The Morgan fingerprint density at radius 1 is 1.11 bits per heavy atom. The van der Waals surface area contributed by atoms with Crippen LogP contribution in [-0.2, 0) is 10.0 Å². The highest BCUT2D eigenvalue weighted by molar-refractivity contribution is 7.89. The van der Waals surface area contributed by atoms with Gasteiger partial charge in [0, 0.05) is 17.3 Å². The molecule has 0 radical (unpaired) electrons. The standard InChI is InChI=1S/C19H22N2O5S/c1-4-13(3)21-27(25,26)16-8-5-14(6-9-16)18(22)20-15-7-10-17(19(23)24)12(2)11-15/h5-11,13,21H,4H2,1-3H3,(H,20,22)(H,23,24). The Morgan fingerprint density at radius 3 is 2.26 bits per heavy atom. The van der Waals surface area contributed by atoms with Crippen molar-refractivity contribution in [2.24, 2.45) is 0 Å². The zero-order valence-electron chi connectivity index (χ0n) is 15.3. The van der Waals surface area contributed by atoms with Gasteiger partial charge in [-0.05, 0) is 68.3 Å². The Kier molecular flexibility index (Phi) is 6.35. The van der Waals surface area contributed by atoms with Gasteiger partial charge in [-0.15, -0.1) is 0 Å².